The molecule has 0 unspecified atom stereocenters. The lowest BCUT2D eigenvalue weighted by molar-refractivity contribution is 1.17. The summed E-state index contributed by atoms with van der Waals surface area (Å²) in [7, 11) is 0. The van der Waals surface area contributed by atoms with Crippen LogP contribution >= 0.6 is 0 Å². The normalized spacial score (nSPS) is 11.3. The van der Waals surface area contributed by atoms with Crippen LogP contribution in [0.2, 0.25) is 0 Å². The number of aryl methyl sites for hydroxylation is 3. The molecule has 5 heteroatoms. The summed E-state index contributed by atoms with van der Waals surface area (Å²) in [5, 5.41) is 2.33. The first-order valence-corrected chi connectivity index (χ1v) is 24.6. The summed E-state index contributed by atoms with van der Waals surface area (Å²) in [6.45, 7) is 6.48. The van der Waals surface area contributed by atoms with Gasteiger partial charge in [0.1, 0.15) is 0 Å². The predicted molar refractivity (Wildman–Crippen MR) is 302 cm³/mol. The second kappa shape index (κ2) is 18.9. The Kier molecular flexibility index (Phi) is 11.5. The molecule has 0 aliphatic carbocycles. The zero-order valence-corrected chi connectivity index (χ0v) is 40.5. The van der Waals surface area contributed by atoms with Gasteiger partial charge in [-0.3, -0.25) is 0 Å². The van der Waals surface area contributed by atoms with E-state index >= 15 is 0 Å². The van der Waals surface area contributed by atoms with Crippen LogP contribution < -0.4 is 9.80 Å². The predicted octanol–water partition coefficient (Wildman–Crippen LogP) is 18.1. The number of hydrogen-bond acceptors (Lipinski definition) is 4. The molecule has 2 aromatic heterocycles. The van der Waals surface area contributed by atoms with Gasteiger partial charge in [-0.15, -0.1) is 0 Å². The van der Waals surface area contributed by atoms with Crippen molar-refractivity contribution in [1.29, 1.82) is 0 Å². The summed E-state index contributed by atoms with van der Waals surface area (Å²) in [6, 6.07) is 91.0. The molecule has 0 saturated heterocycles. The number of anilines is 6. The van der Waals surface area contributed by atoms with Crippen LogP contribution in [0.5, 0.6) is 0 Å². The number of aromatic nitrogens is 3. The smallest absolute Gasteiger partial charge is 0.160 e. The lowest BCUT2D eigenvalue weighted by atomic mass is 9.97. The van der Waals surface area contributed by atoms with Crippen LogP contribution in [0.1, 0.15) is 16.7 Å². The lowest BCUT2D eigenvalue weighted by Gasteiger charge is -2.26. The van der Waals surface area contributed by atoms with Crippen LogP contribution in [0.25, 0.3) is 72.5 Å². The third kappa shape index (κ3) is 8.27. The van der Waals surface area contributed by atoms with Gasteiger partial charge in [0.15, 0.2) is 5.82 Å². The molecule has 0 saturated carbocycles. The van der Waals surface area contributed by atoms with Crippen molar-refractivity contribution in [2.45, 2.75) is 20.8 Å². The van der Waals surface area contributed by atoms with Gasteiger partial charge >= 0.3 is 0 Å². The van der Waals surface area contributed by atoms with E-state index in [9.17, 15) is 0 Å². The molecule has 0 radical (unpaired) electrons. The number of benzene rings is 10. The average Bonchev–Trinajstić information content (AvgIpc) is 3.75. The van der Waals surface area contributed by atoms with Crippen molar-refractivity contribution in [3.8, 4) is 50.7 Å². The summed E-state index contributed by atoms with van der Waals surface area (Å²) in [6.07, 6.45) is 0. The van der Waals surface area contributed by atoms with Crippen LogP contribution in [0.3, 0.4) is 0 Å². The first-order chi connectivity index (χ1) is 35.4. The molecule has 2 heterocycles. The van der Waals surface area contributed by atoms with Gasteiger partial charge in [0.05, 0.1) is 22.4 Å². The first-order valence-electron chi connectivity index (χ1n) is 24.6. The molecule has 0 atom stereocenters. The number of para-hydroxylation sites is 4. The van der Waals surface area contributed by atoms with Crippen LogP contribution in [0.15, 0.2) is 255 Å². The first kappa shape index (κ1) is 43.9. The standard InChI is InChI=1S/C67H51N5/c1-46-20-16-18-30-59(46)64-45-63(68-67(69-64)60-31-19-17-21-47(60)2)50-34-32-49(33-35-50)58-39-36-55(42-48(58)3)72-65-40-37-56(70(51-22-8-4-9-23-51)52-24-10-5-11-25-52)43-61(65)62-44-57(38-41-66(62)72)71(53-26-12-6-13-27-53)54-28-14-7-15-29-54/h4-45H,1-3H3. The van der Waals surface area contributed by atoms with Crippen molar-refractivity contribution in [2.75, 3.05) is 9.80 Å². The van der Waals surface area contributed by atoms with E-state index in [-0.39, 0.29) is 0 Å². The van der Waals surface area contributed by atoms with Crippen LogP contribution in [0.4, 0.5) is 34.1 Å². The van der Waals surface area contributed by atoms with Crippen LogP contribution in [-0.2, 0) is 0 Å². The summed E-state index contributed by atoms with van der Waals surface area (Å²) < 4.78 is 2.43. The molecule has 0 fully saturated rings. The quantitative estimate of drug-likeness (QED) is 0.130. The lowest BCUT2D eigenvalue weighted by Crippen LogP contribution is -2.09. The Hall–Kier alpha value is -9.32. The molecule has 12 rings (SSSR count). The molecule has 12 aromatic rings. The van der Waals surface area contributed by atoms with Gasteiger partial charge in [-0.1, -0.05) is 152 Å². The third-order valence-electron chi connectivity index (χ3n) is 13.8. The Bertz CT molecular complexity index is 3600. The molecule has 0 spiro atoms. The van der Waals surface area contributed by atoms with Gasteiger partial charge in [0.25, 0.3) is 0 Å². The Morgan fingerprint density at radius 3 is 1.21 bits per heavy atom. The number of rotatable bonds is 11. The van der Waals surface area contributed by atoms with E-state index in [4.69, 9.17) is 9.97 Å². The third-order valence-corrected chi connectivity index (χ3v) is 13.8. The van der Waals surface area contributed by atoms with Crippen molar-refractivity contribution in [1.82, 2.24) is 14.5 Å². The maximum absolute atomic E-state index is 5.17. The van der Waals surface area contributed by atoms with Crippen molar-refractivity contribution in [3.63, 3.8) is 0 Å². The van der Waals surface area contributed by atoms with Gasteiger partial charge in [-0.25, -0.2) is 9.97 Å². The van der Waals surface area contributed by atoms with E-state index < -0.39 is 0 Å². The van der Waals surface area contributed by atoms with Crippen molar-refractivity contribution in [3.05, 3.63) is 271 Å². The molecule has 0 bridgehead atoms. The summed E-state index contributed by atoms with van der Waals surface area (Å²) in [5.41, 5.74) is 20.8. The fourth-order valence-corrected chi connectivity index (χ4v) is 10.2. The largest absolute Gasteiger partial charge is 0.310 e. The highest BCUT2D eigenvalue weighted by atomic mass is 15.1. The summed E-state index contributed by atoms with van der Waals surface area (Å²) in [4.78, 5) is 15.0. The summed E-state index contributed by atoms with van der Waals surface area (Å²) >= 11 is 0. The molecular weight excluding hydrogens is 875 g/mol. The minimum absolute atomic E-state index is 0.728. The Labute approximate surface area is 421 Å². The Balaban J connectivity index is 0.969. The zero-order chi connectivity index (χ0) is 48.5. The van der Waals surface area contributed by atoms with Crippen LogP contribution in [-0.4, -0.2) is 14.5 Å². The SMILES string of the molecule is Cc1cc(-n2c3ccc(N(c4ccccc4)c4ccccc4)cc3c3cc(N(c4ccccc4)c4ccccc4)ccc32)ccc1-c1ccc(-c2cc(-c3ccccc3C)nc(-c3ccccc3C)n2)cc1. The topological polar surface area (TPSA) is 37.2 Å². The van der Waals surface area contributed by atoms with Crippen molar-refractivity contribution >= 4 is 55.9 Å². The number of nitrogens with zero attached hydrogens (tertiary/aromatic N) is 5. The number of fused-ring (bicyclic) bond motifs is 3. The zero-order valence-electron chi connectivity index (χ0n) is 40.5. The van der Waals surface area contributed by atoms with E-state index in [0.717, 1.165) is 95.9 Å². The average molecular weight is 926 g/mol. The highest BCUT2D eigenvalue weighted by molar-refractivity contribution is 6.12. The van der Waals surface area contributed by atoms with Gasteiger partial charge in [-0.2, -0.15) is 0 Å². The minimum Gasteiger partial charge on any atom is -0.310 e. The Morgan fingerprint density at radius 1 is 0.306 bits per heavy atom. The molecule has 10 aromatic carbocycles. The van der Waals surface area contributed by atoms with Gasteiger partial charge in [0, 0.05) is 67.3 Å². The molecule has 0 aliphatic heterocycles. The molecule has 0 amide bonds. The molecule has 0 N–H and O–H groups in total. The molecule has 0 aliphatic rings. The van der Waals surface area contributed by atoms with E-state index in [2.05, 4.69) is 290 Å². The molecule has 72 heavy (non-hydrogen) atoms. The van der Waals surface area contributed by atoms with Gasteiger partial charge in [0.2, 0.25) is 0 Å². The maximum Gasteiger partial charge on any atom is 0.160 e. The monoisotopic (exact) mass is 925 g/mol. The Morgan fingerprint density at radius 2 is 0.736 bits per heavy atom. The molecular formula is C67H51N5. The van der Waals surface area contributed by atoms with Gasteiger partial charge in [-0.05, 0) is 152 Å². The maximum atomic E-state index is 5.17. The molecule has 344 valence electrons. The van der Waals surface area contributed by atoms with E-state index in [1.54, 1.807) is 0 Å². The van der Waals surface area contributed by atoms with E-state index in [1.165, 1.54) is 27.5 Å². The van der Waals surface area contributed by atoms with Crippen LogP contribution in [0, 0.1) is 20.8 Å². The van der Waals surface area contributed by atoms with E-state index in [0.29, 0.717) is 0 Å². The van der Waals surface area contributed by atoms with Crippen molar-refractivity contribution in [2.24, 2.45) is 0 Å². The fraction of sp³-hybridized carbons (Fsp3) is 0.0448. The molecule has 5 nitrogen and oxygen atoms in total. The van der Waals surface area contributed by atoms with E-state index in [1.807, 2.05) is 0 Å². The van der Waals surface area contributed by atoms with Gasteiger partial charge < -0.3 is 14.4 Å². The highest BCUT2D eigenvalue weighted by Gasteiger charge is 2.21. The second-order valence-electron chi connectivity index (χ2n) is 18.4. The highest BCUT2D eigenvalue weighted by Crippen LogP contribution is 2.43. The number of hydrogen-bond donors (Lipinski definition) is 0. The minimum atomic E-state index is 0.728. The van der Waals surface area contributed by atoms with Crippen molar-refractivity contribution < 1.29 is 0 Å². The second-order valence-corrected chi connectivity index (χ2v) is 18.4. The summed E-state index contributed by atoms with van der Waals surface area (Å²) in [5.74, 6) is 0.728. The fourth-order valence-electron chi connectivity index (χ4n) is 10.2.